The summed E-state index contributed by atoms with van der Waals surface area (Å²) < 4.78 is 26.3. The van der Waals surface area contributed by atoms with E-state index >= 15 is 0 Å². The number of nitrogens with zero attached hydrogens (tertiary/aromatic N) is 1. The van der Waals surface area contributed by atoms with Crippen LogP contribution in [0.15, 0.2) is 40.8 Å². The number of carbonyl (C=O) groups excluding carboxylic acids is 1. The van der Waals surface area contributed by atoms with Gasteiger partial charge >= 0.3 is 0 Å². The Morgan fingerprint density at radius 1 is 1.29 bits per heavy atom. The summed E-state index contributed by atoms with van der Waals surface area (Å²) in [7, 11) is -3.59. The van der Waals surface area contributed by atoms with E-state index in [1.54, 1.807) is 24.3 Å². The number of benzene rings is 1. The largest absolute Gasteiger partial charge is 0.302 e. The van der Waals surface area contributed by atoms with E-state index in [0.717, 1.165) is 17.4 Å². The molecule has 0 N–H and O–H groups in total. The smallest absolute Gasteiger partial charge is 0.243 e. The van der Waals surface area contributed by atoms with Gasteiger partial charge in [0.15, 0.2) is 0 Å². The van der Waals surface area contributed by atoms with Crippen LogP contribution in [0, 0.1) is 6.92 Å². The van der Waals surface area contributed by atoms with Crippen LogP contribution in [0.25, 0.3) is 0 Å². The predicted octanol–water partition coefficient (Wildman–Crippen LogP) is 2.95. The number of alkyl halides is 1. The van der Waals surface area contributed by atoms with E-state index < -0.39 is 10.0 Å². The second-order valence-corrected chi connectivity index (χ2v) is 8.61. The molecule has 116 valence electrons. The molecule has 0 fully saturated rings. The summed E-state index contributed by atoms with van der Waals surface area (Å²) in [4.78, 5) is 11.1. The number of hydrogen-bond acceptors (Lipinski definition) is 3. The zero-order valence-corrected chi connectivity index (χ0v) is 15.4. The lowest BCUT2D eigenvalue weighted by Crippen LogP contribution is -2.36. The molecule has 0 bridgehead atoms. The molecule has 0 unspecified atom stereocenters. The Labute approximate surface area is 140 Å². The van der Waals surface area contributed by atoms with Crippen LogP contribution in [0.1, 0.15) is 19.4 Å². The Morgan fingerprint density at radius 2 is 1.86 bits per heavy atom. The molecule has 0 radical (unpaired) electrons. The number of carbonyl (C=O) groups is 1. The van der Waals surface area contributed by atoms with Crippen molar-refractivity contribution in [3.63, 3.8) is 0 Å². The number of halogens is 1. The van der Waals surface area contributed by atoms with E-state index in [2.05, 4.69) is 0 Å². The molecule has 0 aliphatic rings. The van der Waals surface area contributed by atoms with E-state index in [9.17, 15) is 13.2 Å². The molecule has 0 aromatic heterocycles. The van der Waals surface area contributed by atoms with Gasteiger partial charge in [-0.05, 0) is 32.9 Å². The molecule has 21 heavy (non-hydrogen) atoms. The van der Waals surface area contributed by atoms with Crippen LogP contribution in [0.5, 0.6) is 0 Å². The van der Waals surface area contributed by atoms with Crippen molar-refractivity contribution in [3.05, 3.63) is 41.5 Å². The highest BCUT2D eigenvalue weighted by atomic mass is 127. The Kier molecular flexibility index (Phi) is 7.02. The number of sulfonamides is 1. The van der Waals surface area contributed by atoms with Crippen molar-refractivity contribution >= 4 is 38.9 Å². The third-order valence-electron chi connectivity index (χ3n) is 2.89. The van der Waals surface area contributed by atoms with Crippen LogP contribution in [-0.4, -0.2) is 36.0 Å². The molecule has 0 amide bonds. The van der Waals surface area contributed by atoms with Gasteiger partial charge in [-0.25, -0.2) is 8.42 Å². The van der Waals surface area contributed by atoms with Crippen LogP contribution < -0.4 is 0 Å². The van der Waals surface area contributed by atoms with Crippen LogP contribution in [-0.2, 0) is 14.8 Å². The van der Waals surface area contributed by atoms with Gasteiger partial charge in [0.2, 0.25) is 10.0 Å². The summed E-state index contributed by atoms with van der Waals surface area (Å²) >= 11 is 1.95. The fourth-order valence-electron chi connectivity index (χ4n) is 1.65. The van der Waals surface area contributed by atoms with Crippen molar-refractivity contribution in [2.45, 2.75) is 29.6 Å². The Balaban J connectivity index is 3.12. The van der Waals surface area contributed by atoms with Crippen molar-refractivity contribution in [1.82, 2.24) is 4.31 Å². The number of aryl methyl sites for hydroxylation is 1. The highest BCUT2D eigenvalue weighted by Gasteiger charge is 2.25. The molecule has 0 spiro atoms. The maximum Gasteiger partial charge on any atom is 0.243 e. The molecule has 0 aliphatic heterocycles. The zero-order valence-electron chi connectivity index (χ0n) is 12.4. The number of rotatable bonds is 7. The Bertz CT molecular complexity index is 604. The molecule has 1 atom stereocenters. The molecule has 1 rings (SSSR count). The molecule has 4 nitrogen and oxygen atoms in total. The first kappa shape index (κ1) is 18.3. The summed E-state index contributed by atoms with van der Waals surface area (Å²) in [6.07, 6.45) is 2.61. The van der Waals surface area contributed by atoms with E-state index in [-0.39, 0.29) is 21.9 Å². The summed E-state index contributed by atoms with van der Waals surface area (Å²) in [6, 6.07) is 6.74. The molecule has 6 heteroatoms. The molecule has 0 aliphatic carbocycles. The van der Waals surface area contributed by atoms with E-state index in [0.29, 0.717) is 0 Å². The van der Waals surface area contributed by atoms with Crippen LogP contribution in [0.4, 0.5) is 0 Å². The van der Waals surface area contributed by atoms with Crippen molar-refractivity contribution in [3.8, 4) is 0 Å². The predicted molar refractivity (Wildman–Crippen MR) is 93.2 cm³/mol. The third kappa shape index (κ3) is 5.52. The van der Waals surface area contributed by atoms with Gasteiger partial charge in [0.05, 0.1) is 8.82 Å². The minimum Gasteiger partial charge on any atom is -0.302 e. The summed E-state index contributed by atoms with van der Waals surface area (Å²) in [5.74, 6) is 0. The normalized spacial score (nSPS) is 13.0. The average Bonchev–Trinajstić information content (AvgIpc) is 2.43. The SMILES string of the molecule is CC(C)=CCN(C[C@H](I)C=O)S(=O)(=O)c1ccc(C)cc1. The molecule has 0 saturated heterocycles. The molecular formula is C15H20INO3S. The maximum absolute atomic E-state index is 12.7. The molecule has 1 aromatic rings. The molecule has 0 saturated carbocycles. The Hall–Kier alpha value is -0.730. The standard InChI is InChI=1S/C15H20INO3S/c1-12(2)8-9-17(10-14(16)11-18)21(19,20)15-6-4-13(3)5-7-15/h4-8,11,14H,9-10H2,1-3H3/t14-/m0/s1. The minimum absolute atomic E-state index is 0.171. The fraction of sp³-hybridized carbons (Fsp3) is 0.400. The van der Waals surface area contributed by atoms with Crippen LogP contribution in [0.3, 0.4) is 0 Å². The van der Waals surface area contributed by atoms with Crippen LogP contribution in [0.2, 0.25) is 0 Å². The van der Waals surface area contributed by atoms with Crippen LogP contribution >= 0.6 is 22.6 Å². The maximum atomic E-state index is 12.7. The first-order valence-electron chi connectivity index (χ1n) is 6.57. The Morgan fingerprint density at radius 3 is 2.33 bits per heavy atom. The van der Waals surface area contributed by atoms with Crippen molar-refractivity contribution in [2.75, 3.05) is 13.1 Å². The lowest BCUT2D eigenvalue weighted by atomic mass is 10.2. The quantitative estimate of drug-likeness (QED) is 0.295. The van der Waals surface area contributed by atoms with Gasteiger partial charge in [0.1, 0.15) is 6.29 Å². The topological polar surface area (TPSA) is 54.5 Å². The van der Waals surface area contributed by atoms with Crippen molar-refractivity contribution < 1.29 is 13.2 Å². The second kappa shape index (κ2) is 8.05. The monoisotopic (exact) mass is 421 g/mol. The van der Waals surface area contributed by atoms with E-state index in [4.69, 9.17) is 0 Å². The molecule has 0 heterocycles. The van der Waals surface area contributed by atoms with E-state index in [1.165, 1.54) is 4.31 Å². The number of allylic oxidation sites excluding steroid dienone is 1. The second-order valence-electron chi connectivity index (χ2n) is 5.07. The summed E-state index contributed by atoms with van der Waals surface area (Å²) in [5, 5.41) is 0. The molecular weight excluding hydrogens is 401 g/mol. The van der Waals surface area contributed by atoms with Gasteiger partial charge in [-0.3, -0.25) is 0 Å². The van der Waals surface area contributed by atoms with E-state index in [1.807, 2.05) is 49.4 Å². The van der Waals surface area contributed by atoms with Gasteiger partial charge in [0.25, 0.3) is 0 Å². The number of aldehydes is 1. The highest BCUT2D eigenvalue weighted by molar-refractivity contribution is 14.1. The van der Waals surface area contributed by atoms with Gasteiger partial charge in [-0.15, -0.1) is 0 Å². The van der Waals surface area contributed by atoms with Gasteiger partial charge in [-0.1, -0.05) is 51.9 Å². The summed E-state index contributed by atoms with van der Waals surface area (Å²) in [6.45, 7) is 6.18. The fourth-order valence-corrected chi connectivity index (χ4v) is 3.80. The van der Waals surface area contributed by atoms with Gasteiger partial charge < -0.3 is 4.79 Å². The lowest BCUT2D eigenvalue weighted by molar-refractivity contribution is -0.107. The average molecular weight is 421 g/mol. The first-order valence-corrected chi connectivity index (χ1v) is 9.25. The zero-order chi connectivity index (χ0) is 16.0. The van der Waals surface area contributed by atoms with Crippen molar-refractivity contribution in [2.24, 2.45) is 0 Å². The summed E-state index contributed by atoms with van der Waals surface area (Å²) in [5.41, 5.74) is 2.04. The first-order chi connectivity index (χ1) is 9.77. The highest BCUT2D eigenvalue weighted by Crippen LogP contribution is 2.18. The third-order valence-corrected chi connectivity index (χ3v) is 5.42. The molecule has 1 aromatic carbocycles. The van der Waals surface area contributed by atoms with Crippen molar-refractivity contribution in [1.29, 1.82) is 0 Å². The number of hydrogen-bond donors (Lipinski definition) is 0. The lowest BCUT2D eigenvalue weighted by Gasteiger charge is -2.22. The van der Waals surface area contributed by atoms with Gasteiger partial charge in [0, 0.05) is 13.1 Å². The van der Waals surface area contributed by atoms with Gasteiger partial charge in [-0.2, -0.15) is 4.31 Å². The minimum atomic E-state index is -3.59.